The Bertz CT molecular complexity index is 3600. The van der Waals surface area contributed by atoms with Crippen molar-refractivity contribution in [3.05, 3.63) is 224 Å². The molecule has 0 N–H and O–H groups in total. The summed E-state index contributed by atoms with van der Waals surface area (Å²) >= 11 is 1.88. The van der Waals surface area contributed by atoms with E-state index in [1.165, 1.54) is 102 Å². The van der Waals surface area contributed by atoms with Crippen molar-refractivity contribution in [1.82, 2.24) is 0 Å². The molecule has 0 aliphatic carbocycles. The smallest absolute Gasteiger partial charge is 0.0640 e. The van der Waals surface area contributed by atoms with Crippen LogP contribution in [0, 0.1) is 0 Å². The second-order valence-corrected chi connectivity index (χ2v) is 16.7. The molecule has 0 bridgehead atoms. The summed E-state index contributed by atoms with van der Waals surface area (Å²) in [5, 5.41) is 12.7. The Labute approximate surface area is 352 Å². The lowest BCUT2D eigenvalue weighted by molar-refractivity contribution is 1.30. The van der Waals surface area contributed by atoms with Gasteiger partial charge in [0.2, 0.25) is 0 Å². The molecular weight excluding hydrogens is 743 g/mol. The minimum atomic E-state index is 1.11. The minimum absolute atomic E-state index is 1.11. The van der Waals surface area contributed by atoms with E-state index >= 15 is 0 Å². The maximum atomic E-state index is 2.46. The van der Waals surface area contributed by atoms with Crippen LogP contribution in [0.1, 0.15) is 0 Å². The van der Waals surface area contributed by atoms with Crippen LogP contribution in [0.15, 0.2) is 224 Å². The lowest BCUT2D eigenvalue weighted by atomic mass is 9.92. The van der Waals surface area contributed by atoms with Crippen LogP contribution in [0.5, 0.6) is 0 Å². The third-order valence-corrected chi connectivity index (χ3v) is 13.4. The first-order chi connectivity index (χ1) is 29.7. The molecule has 0 radical (unpaired) electrons. The maximum Gasteiger partial charge on any atom is 0.0640 e. The number of anilines is 3. The molecule has 2 heteroatoms. The first-order valence-corrected chi connectivity index (χ1v) is 21.4. The zero-order valence-electron chi connectivity index (χ0n) is 32.7. The summed E-state index contributed by atoms with van der Waals surface area (Å²) < 4.78 is 2.57. The number of benzene rings is 11. The molecular formula is C58H37NS. The molecule has 1 aromatic heterocycles. The molecule has 0 saturated heterocycles. The number of hydrogen-bond acceptors (Lipinski definition) is 2. The molecule has 0 fully saturated rings. The van der Waals surface area contributed by atoms with Crippen molar-refractivity contribution in [1.29, 1.82) is 0 Å². The van der Waals surface area contributed by atoms with Crippen molar-refractivity contribution in [3.63, 3.8) is 0 Å². The van der Waals surface area contributed by atoms with Crippen LogP contribution in [-0.4, -0.2) is 0 Å². The van der Waals surface area contributed by atoms with Crippen molar-refractivity contribution < 1.29 is 0 Å². The van der Waals surface area contributed by atoms with Crippen LogP contribution >= 0.6 is 11.3 Å². The quantitative estimate of drug-likeness (QED) is 0.152. The Hall–Kier alpha value is -7.52. The average Bonchev–Trinajstić information content (AvgIpc) is 3.69. The van der Waals surface area contributed by atoms with Gasteiger partial charge in [-0.05, 0) is 125 Å². The van der Waals surface area contributed by atoms with Gasteiger partial charge in [0.05, 0.1) is 10.4 Å². The molecule has 0 amide bonds. The molecule has 0 saturated carbocycles. The van der Waals surface area contributed by atoms with E-state index in [1.807, 2.05) is 11.3 Å². The minimum Gasteiger partial charge on any atom is -0.309 e. The summed E-state index contributed by atoms with van der Waals surface area (Å²) in [7, 11) is 0. The highest BCUT2D eigenvalue weighted by molar-refractivity contribution is 7.26. The fourth-order valence-corrected chi connectivity index (χ4v) is 10.6. The second kappa shape index (κ2) is 14.1. The Balaban J connectivity index is 1.05. The van der Waals surface area contributed by atoms with Crippen molar-refractivity contribution >= 4 is 91.7 Å². The van der Waals surface area contributed by atoms with Crippen LogP contribution in [0.3, 0.4) is 0 Å². The normalized spacial score (nSPS) is 11.7. The molecule has 12 rings (SSSR count). The SMILES string of the molecule is c1ccc(-c2ccc(-c3ccc(N(c4cccc(-c5cc6ccccc6c6ccccc56)c4)c4cccc5c4sc4cc6ccccc6cc45)cc3)c3ccccc23)cc1. The molecule has 0 aliphatic heterocycles. The van der Waals surface area contributed by atoms with Gasteiger partial charge in [-0.15, -0.1) is 11.3 Å². The van der Waals surface area contributed by atoms with Gasteiger partial charge in [0.25, 0.3) is 0 Å². The molecule has 12 aromatic rings. The van der Waals surface area contributed by atoms with E-state index in [4.69, 9.17) is 0 Å². The van der Waals surface area contributed by atoms with Gasteiger partial charge < -0.3 is 4.90 Å². The monoisotopic (exact) mass is 779 g/mol. The van der Waals surface area contributed by atoms with Crippen molar-refractivity contribution in [2.45, 2.75) is 0 Å². The van der Waals surface area contributed by atoms with Gasteiger partial charge in [0.15, 0.2) is 0 Å². The summed E-state index contributed by atoms with van der Waals surface area (Å²) in [5.74, 6) is 0. The molecule has 0 atom stereocenters. The molecule has 1 nitrogen and oxygen atoms in total. The Morgan fingerprint density at radius 3 is 1.57 bits per heavy atom. The Morgan fingerprint density at radius 1 is 0.283 bits per heavy atom. The van der Waals surface area contributed by atoms with Gasteiger partial charge in [-0.2, -0.15) is 0 Å². The van der Waals surface area contributed by atoms with E-state index in [9.17, 15) is 0 Å². The lowest BCUT2D eigenvalue weighted by Crippen LogP contribution is -2.10. The van der Waals surface area contributed by atoms with Gasteiger partial charge in [0, 0.05) is 26.8 Å². The van der Waals surface area contributed by atoms with Crippen LogP contribution in [0.2, 0.25) is 0 Å². The largest absolute Gasteiger partial charge is 0.309 e. The van der Waals surface area contributed by atoms with Gasteiger partial charge >= 0.3 is 0 Å². The van der Waals surface area contributed by atoms with Crippen LogP contribution in [0.25, 0.3) is 96.6 Å². The topological polar surface area (TPSA) is 3.24 Å². The highest BCUT2D eigenvalue weighted by atomic mass is 32.1. The van der Waals surface area contributed by atoms with E-state index in [-0.39, 0.29) is 0 Å². The Kier molecular flexibility index (Phi) is 8.11. The van der Waals surface area contributed by atoms with Gasteiger partial charge in [-0.3, -0.25) is 0 Å². The number of nitrogens with zero attached hydrogens (tertiary/aromatic N) is 1. The van der Waals surface area contributed by atoms with Gasteiger partial charge in [0.1, 0.15) is 0 Å². The number of thiophene rings is 1. The molecule has 11 aromatic carbocycles. The molecule has 1 heterocycles. The van der Waals surface area contributed by atoms with Crippen molar-refractivity contribution in [3.8, 4) is 33.4 Å². The zero-order chi connectivity index (χ0) is 39.6. The average molecular weight is 780 g/mol. The van der Waals surface area contributed by atoms with Crippen LogP contribution in [0.4, 0.5) is 17.1 Å². The predicted molar refractivity (Wildman–Crippen MR) is 260 cm³/mol. The third kappa shape index (κ3) is 5.68. The molecule has 280 valence electrons. The fraction of sp³-hybridized carbons (Fsp3) is 0. The first-order valence-electron chi connectivity index (χ1n) is 20.6. The lowest BCUT2D eigenvalue weighted by Gasteiger charge is -2.27. The predicted octanol–water partition coefficient (Wildman–Crippen LogP) is 17.1. The highest BCUT2D eigenvalue weighted by Gasteiger charge is 2.20. The number of hydrogen-bond donors (Lipinski definition) is 0. The fourth-order valence-electron chi connectivity index (χ4n) is 9.39. The highest BCUT2D eigenvalue weighted by Crippen LogP contribution is 2.47. The summed E-state index contributed by atoms with van der Waals surface area (Å²) in [6, 6.07) is 82.5. The van der Waals surface area contributed by atoms with Gasteiger partial charge in [-0.1, -0.05) is 176 Å². The summed E-state index contributed by atoms with van der Waals surface area (Å²) in [4.78, 5) is 2.46. The first kappa shape index (κ1) is 34.5. The number of fused-ring (bicyclic) bond motifs is 8. The molecule has 0 unspecified atom stereocenters. The summed E-state index contributed by atoms with van der Waals surface area (Å²) in [6.07, 6.45) is 0. The van der Waals surface area contributed by atoms with Crippen molar-refractivity contribution in [2.75, 3.05) is 4.90 Å². The van der Waals surface area contributed by atoms with E-state index in [0.717, 1.165) is 11.4 Å². The van der Waals surface area contributed by atoms with E-state index in [1.54, 1.807) is 0 Å². The third-order valence-electron chi connectivity index (χ3n) is 12.2. The van der Waals surface area contributed by atoms with E-state index < -0.39 is 0 Å². The molecule has 0 aliphatic rings. The standard InChI is InChI=1S/C58H37NS/c1-2-14-38(15-3-1)47-32-33-48(51-24-9-8-23-50(47)51)39-28-30-44(31-29-39)59(56-27-13-26-53-55-35-40-16-4-5-17-41(40)37-57(55)60-58(53)56)45-20-12-19-42(34-45)54-36-43-18-6-7-21-46(43)49-22-10-11-25-52(49)54/h1-37H. The van der Waals surface area contributed by atoms with Gasteiger partial charge in [-0.25, -0.2) is 0 Å². The van der Waals surface area contributed by atoms with E-state index in [0.29, 0.717) is 0 Å². The molecule has 0 spiro atoms. The van der Waals surface area contributed by atoms with Crippen LogP contribution < -0.4 is 4.90 Å². The zero-order valence-corrected chi connectivity index (χ0v) is 33.5. The number of rotatable bonds is 6. The second-order valence-electron chi connectivity index (χ2n) is 15.6. The Morgan fingerprint density at radius 2 is 0.833 bits per heavy atom. The van der Waals surface area contributed by atoms with Crippen LogP contribution in [-0.2, 0) is 0 Å². The summed E-state index contributed by atoms with van der Waals surface area (Å²) in [6.45, 7) is 0. The summed E-state index contributed by atoms with van der Waals surface area (Å²) in [5.41, 5.74) is 10.7. The van der Waals surface area contributed by atoms with E-state index in [2.05, 4.69) is 229 Å². The van der Waals surface area contributed by atoms with Crippen molar-refractivity contribution in [2.24, 2.45) is 0 Å². The molecule has 60 heavy (non-hydrogen) atoms. The maximum absolute atomic E-state index is 2.46.